The zero-order chi connectivity index (χ0) is 46.2. The van der Waals surface area contributed by atoms with Crippen molar-refractivity contribution in [3.8, 4) is 34.4 Å². The van der Waals surface area contributed by atoms with Crippen molar-refractivity contribution in [2.24, 2.45) is 0 Å². The van der Waals surface area contributed by atoms with E-state index in [2.05, 4.69) is 12.1 Å². The number of alkyl halides is 6. The van der Waals surface area contributed by atoms with Gasteiger partial charge < -0.3 is 9.80 Å². The van der Waals surface area contributed by atoms with Gasteiger partial charge >= 0.3 is 12.4 Å². The van der Waals surface area contributed by atoms with Crippen molar-refractivity contribution in [2.45, 2.75) is 17.8 Å². The molecule has 11 rings (SSSR count). The van der Waals surface area contributed by atoms with Crippen LogP contribution in [0, 0.1) is 22.7 Å². The molecule has 67 heavy (non-hydrogen) atoms. The second-order valence-corrected chi connectivity index (χ2v) is 16.4. The molecule has 9 aromatic rings. The van der Waals surface area contributed by atoms with Crippen LogP contribution in [0.25, 0.3) is 33.0 Å². The van der Waals surface area contributed by atoms with Gasteiger partial charge in [-0.3, -0.25) is 0 Å². The molecule has 0 amide bonds. The van der Waals surface area contributed by atoms with Crippen LogP contribution in [0.3, 0.4) is 0 Å². The first-order valence-corrected chi connectivity index (χ1v) is 21.3. The van der Waals surface area contributed by atoms with E-state index >= 15 is 26.3 Å². The van der Waals surface area contributed by atoms with Crippen molar-refractivity contribution in [1.82, 2.24) is 0 Å². The van der Waals surface area contributed by atoms with Gasteiger partial charge in [-0.05, 0) is 117 Å². The molecule has 0 unspecified atom stereocenters. The Morgan fingerprint density at radius 2 is 0.821 bits per heavy atom. The van der Waals surface area contributed by atoms with E-state index < -0.39 is 28.9 Å². The number of nitrogens with zero attached hydrogens (tertiary/aromatic N) is 4. The lowest BCUT2D eigenvalue weighted by atomic mass is 9.70. The minimum absolute atomic E-state index is 0.153. The Balaban J connectivity index is 1.29. The Bertz CT molecular complexity index is 3530. The van der Waals surface area contributed by atoms with Crippen LogP contribution in [0.5, 0.6) is 0 Å². The fourth-order valence-corrected chi connectivity index (χ4v) is 10.4. The molecule has 0 N–H and O–H groups in total. The lowest BCUT2D eigenvalue weighted by Crippen LogP contribution is -2.27. The first-order chi connectivity index (χ1) is 32.5. The molecule has 2 aliphatic rings. The van der Waals surface area contributed by atoms with Gasteiger partial charge in [-0.2, -0.15) is 36.9 Å². The fourth-order valence-electron chi connectivity index (χ4n) is 10.4. The van der Waals surface area contributed by atoms with Crippen molar-refractivity contribution >= 4 is 44.9 Å². The van der Waals surface area contributed by atoms with Crippen LogP contribution in [0.1, 0.15) is 44.5 Å². The van der Waals surface area contributed by atoms with Crippen molar-refractivity contribution in [2.75, 3.05) is 9.80 Å². The topological polar surface area (TPSA) is 54.1 Å². The van der Waals surface area contributed by atoms with E-state index in [9.17, 15) is 10.5 Å². The highest BCUT2D eigenvalue weighted by molar-refractivity contribution is 6.12. The highest BCUT2D eigenvalue weighted by Gasteiger charge is 2.53. The van der Waals surface area contributed by atoms with Crippen LogP contribution >= 0.6 is 0 Å². The zero-order valence-electron chi connectivity index (χ0n) is 35.0. The molecular formula is C57H32F6N4. The van der Waals surface area contributed by atoms with E-state index in [4.69, 9.17) is 0 Å². The van der Waals surface area contributed by atoms with Crippen LogP contribution in [0.4, 0.5) is 60.5 Å². The van der Waals surface area contributed by atoms with E-state index in [0.717, 1.165) is 56.6 Å². The van der Waals surface area contributed by atoms with Gasteiger partial charge in [0.05, 0.1) is 56.1 Å². The zero-order valence-corrected chi connectivity index (χ0v) is 35.0. The predicted octanol–water partition coefficient (Wildman–Crippen LogP) is 15.9. The SMILES string of the molecule is N#Cc1ccccc1N(c1ccc2c(c1)C1(c3ccccc3-c3ccccc31)c1cc(N(c3ccccc3C#N)c3ccccc3C(F)(F)F)c3ccccc3c1-2)c1ccccc1C(F)(F)F. The second kappa shape index (κ2) is 15.3. The molecule has 1 spiro atoms. The third kappa shape index (κ3) is 6.14. The molecule has 0 radical (unpaired) electrons. The lowest BCUT2D eigenvalue weighted by molar-refractivity contribution is -0.137. The maximum absolute atomic E-state index is 15.2. The number of rotatable bonds is 6. The minimum atomic E-state index is -4.78. The summed E-state index contributed by atoms with van der Waals surface area (Å²) >= 11 is 0. The van der Waals surface area contributed by atoms with Crippen LogP contribution in [-0.2, 0) is 17.8 Å². The molecule has 0 aliphatic heterocycles. The van der Waals surface area contributed by atoms with Gasteiger partial charge in [-0.15, -0.1) is 0 Å². The maximum Gasteiger partial charge on any atom is 0.418 e. The Morgan fingerprint density at radius 3 is 1.37 bits per heavy atom. The number of benzene rings is 9. The van der Waals surface area contributed by atoms with Crippen molar-refractivity contribution in [3.63, 3.8) is 0 Å². The second-order valence-electron chi connectivity index (χ2n) is 16.4. The molecule has 10 heteroatoms. The van der Waals surface area contributed by atoms with E-state index in [-0.39, 0.29) is 33.9 Å². The number of fused-ring (bicyclic) bond motifs is 12. The molecule has 0 fully saturated rings. The molecule has 0 atom stereocenters. The summed E-state index contributed by atoms with van der Waals surface area (Å²) in [5, 5.41) is 22.2. The molecule has 0 saturated heterocycles. The smallest absolute Gasteiger partial charge is 0.309 e. The Morgan fingerprint density at radius 1 is 0.373 bits per heavy atom. The summed E-state index contributed by atoms with van der Waals surface area (Å²) in [5.74, 6) is 0. The molecule has 2 aliphatic carbocycles. The first kappa shape index (κ1) is 41.1. The fraction of sp³-hybridized carbons (Fsp3) is 0.0526. The van der Waals surface area contributed by atoms with Gasteiger partial charge in [0.15, 0.2) is 0 Å². The molecule has 4 nitrogen and oxygen atoms in total. The minimum Gasteiger partial charge on any atom is -0.309 e. The summed E-state index contributed by atoms with van der Waals surface area (Å²) in [6, 6.07) is 58.8. The van der Waals surface area contributed by atoms with E-state index in [1.54, 1.807) is 54.6 Å². The molecular weight excluding hydrogens is 855 g/mol. The standard InChI is InChI=1S/C57H32F6N4/c58-56(59,60)45-23-9-13-27-51(45)66(49-25-11-1-15-35(49)33-64)37-29-30-42-47(31-37)55(43-21-7-5-17-38(43)39-18-6-8-22-44(39)55)48-32-53(40-19-3-4-20-41(40)54(42)48)67(50-26-12-2-16-36(50)34-65)52-28-14-10-24-46(52)57(61,62)63/h1-32H. The Labute approximate surface area is 381 Å². The number of anilines is 6. The average Bonchev–Trinajstić information content (AvgIpc) is 3.81. The summed E-state index contributed by atoms with van der Waals surface area (Å²) in [5.41, 5.74) is 4.76. The summed E-state index contributed by atoms with van der Waals surface area (Å²) < 4.78 is 90.8. The van der Waals surface area contributed by atoms with Gasteiger partial charge in [0.2, 0.25) is 0 Å². The van der Waals surface area contributed by atoms with Gasteiger partial charge in [-0.1, -0.05) is 127 Å². The van der Waals surface area contributed by atoms with Crippen molar-refractivity contribution in [1.29, 1.82) is 10.5 Å². The first-order valence-electron chi connectivity index (χ1n) is 21.3. The molecule has 0 aromatic heterocycles. The summed E-state index contributed by atoms with van der Waals surface area (Å²) in [6.07, 6.45) is -9.54. The third-order valence-corrected chi connectivity index (χ3v) is 13.0. The van der Waals surface area contributed by atoms with Gasteiger partial charge in [0, 0.05) is 11.1 Å². The van der Waals surface area contributed by atoms with Gasteiger partial charge in [0.1, 0.15) is 12.1 Å². The van der Waals surface area contributed by atoms with E-state index in [1.165, 1.54) is 46.2 Å². The number of halogens is 6. The summed E-state index contributed by atoms with van der Waals surface area (Å²) in [7, 11) is 0. The molecule has 9 aromatic carbocycles. The monoisotopic (exact) mass is 886 g/mol. The molecule has 0 bridgehead atoms. The van der Waals surface area contributed by atoms with Gasteiger partial charge in [0.25, 0.3) is 0 Å². The van der Waals surface area contributed by atoms with Crippen LogP contribution in [0.15, 0.2) is 194 Å². The maximum atomic E-state index is 15.2. The molecule has 0 heterocycles. The van der Waals surface area contributed by atoms with Crippen LogP contribution in [0.2, 0.25) is 0 Å². The summed E-state index contributed by atoms with van der Waals surface area (Å²) in [6.45, 7) is 0. The average molecular weight is 887 g/mol. The normalized spacial score (nSPS) is 13.0. The van der Waals surface area contributed by atoms with E-state index in [0.29, 0.717) is 22.1 Å². The van der Waals surface area contributed by atoms with Crippen molar-refractivity contribution < 1.29 is 26.3 Å². The van der Waals surface area contributed by atoms with Gasteiger partial charge in [-0.25, -0.2) is 0 Å². The Kier molecular flexibility index (Phi) is 9.36. The lowest BCUT2D eigenvalue weighted by Gasteiger charge is -2.34. The highest BCUT2D eigenvalue weighted by atomic mass is 19.4. The summed E-state index contributed by atoms with van der Waals surface area (Å²) in [4.78, 5) is 3.00. The number of hydrogen-bond acceptors (Lipinski definition) is 4. The van der Waals surface area contributed by atoms with Crippen LogP contribution < -0.4 is 9.80 Å². The van der Waals surface area contributed by atoms with Crippen LogP contribution in [-0.4, -0.2) is 0 Å². The molecule has 322 valence electrons. The predicted molar refractivity (Wildman–Crippen MR) is 249 cm³/mol. The quantitative estimate of drug-likeness (QED) is 0.156. The number of nitriles is 2. The number of hydrogen-bond donors (Lipinski definition) is 0. The molecule has 0 saturated carbocycles. The number of para-hydroxylation sites is 4. The third-order valence-electron chi connectivity index (χ3n) is 13.0. The van der Waals surface area contributed by atoms with E-state index in [1.807, 2.05) is 91.0 Å². The highest BCUT2D eigenvalue weighted by Crippen LogP contribution is 2.66. The largest absolute Gasteiger partial charge is 0.418 e. The van der Waals surface area contributed by atoms with Crippen molar-refractivity contribution in [3.05, 3.63) is 239 Å². The Hall–Kier alpha value is -8.60.